The van der Waals surface area contributed by atoms with Gasteiger partial charge in [-0.15, -0.1) is 0 Å². The van der Waals surface area contributed by atoms with Crippen molar-refractivity contribution in [3.63, 3.8) is 0 Å². The number of carbonyl (C=O) groups excluding carboxylic acids is 1. The van der Waals surface area contributed by atoms with Crippen LogP contribution in [0.3, 0.4) is 0 Å². The fourth-order valence-corrected chi connectivity index (χ4v) is 4.24. The maximum Gasteiger partial charge on any atom is 0.253 e. The zero-order valence-corrected chi connectivity index (χ0v) is 15.9. The van der Waals surface area contributed by atoms with E-state index in [0.29, 0.717) is 24.6 Å². The molecule has 144 valence electrons. The number of hydrogen-bond donors (Lipinski definition) is 1. The van der Waals surface area contributed by atoms with E-state index in [2.05, 4.69) is 15.7 Å². The Hall–Kier alpha value is -2.19. The summed E-state index contributed by atoms with van der Waals surface area (Å²) >= 11 is 0. The number of rotatable bonds is 5. The Morgan fingerprint density at radius 3 is 2.37 bits per heavy atom. The molecule has 0 bridgehead atoms. The molecule has 2 heterocycles. The molecule has 2 aliphatic rings. The SMILES string of the molecule is NS(=O)(=O)c1ccc(C(=O)N2CCC(c3nccn3CC3CC3)CC2)cc1. The highest BCUT2D eigenvalue weighted by Gasteiger charge is 2.29. The second-order valence-electron chi connectivity index (χ2n) is 7.52. The lowest BCUT2D eigenvalue weighted by Crippen LogP contribution is -2.38. The first-order valence-corrected chi connectivity index (χ1v) is 10.9. The summed E-state index contributed by atoms with van der Waals surface area (Å²) in [4.78, 5) is 19.1. The summed E-state index contributed by atoms with van der Waals surface area (Å²) in [5.41, 5.74) is 0.482. The highest BCUT2D eigenvalue weighted by Crippen LogP contribution is 2.33. The van der Waals surface area contributed by atoms with E-state index < -0.39 is 10.0 Å². The first-order valence-electron chi connectivity index (χ1n) is 9.35. The molecule has 2 aromatic rings. The van der Waals surface area contributed by atoms with E-state index in [4.69, 9.17) is 5.14 Å². The van der Waals surface area contributed by atoms with Crippen molar-refractivity contribution in [1.82, 2.24) is 14.5 Å². The van der Waals surface area contributed by atoms with Crippen molar-refractivity contribution in [2.75, 3.05) is 13.1 Å². The molecule has 4 rings (SSSR count). The lowest BCUT2D eigenvalue weighted by Gasteiger charge is -2.32. The van der Waals surface area contributed by atoms with Gasteiger partial charge in [0, 0.05) is 43.5 Å². The molecule has 0 spiro atoms. The van der Waals surface area contributed by atoms with Crippen molar-refractivity contribution < 1.29 is 13.2 Å². The van der Waals surface area contributed by atoms with Gasteiger partial charge in [-0.25, -0.2) is 18.5 Å². The maximum atomic E-state index is 12.7. The van der Waals surface area contributed by atoms with Gasteiger partial charge < -0.3 is 9.47 Å². The quantitative estimate of drug-likeness (QED) is 0.846. The molecule has 0 radical (unpaired) electrons. The van der Waals surface area contributed by atoms with Gasteiger partial charge in [0.2, 0.25) is 10.0 Å². The highest BCUT2D eigenvalue weighted by atomic mass is 32.2. The molecule has 1 aliphatic heterocycles. The summed E-state index contributed by atoms with van der Waals surface area (Å²) in [6.45, 7) is 2.42. The zero-order chi connectivity index (χ0) is 19.0. The lowest BCUT2D eigenvalue weighted by molar-refractivity contribution is 0.0710. The van der Waals surface area contributed by atoms with Crippen LogP contribution in [0.15, 0.2) is 41.6 Å². The van der Waals surface area contributed by atoms with Crippen LogP contribution in [0, 0.1) is 5.92 Å². The number of aromatic nitrogens is 2. The van der Waals surface area contributed by atoms with Crippen LogP contribution in [0.4, 0.5) is 0 Å². The van der Waals surface area contributed by atoms with Crippen LogP contribution in [0.25, 0.3) is 0 Å². The number of primary sulfonamides is 1. The summed E-state index contributed by atoms with van der Waals surface area (Å²) in [5.74, 6) is 2.26. The van der Waals surface area contributed by atoms with E-state index in [-0.39, 0.29) is 10.8 Å². The van der Waals surface area contributed by atoms with Crippen LogP contribution in [0.2, 0.25) is 0 Å². The molecular formula is C19H24N4O3S. The Kier molecular flexibility index (Phi) is 4.77. The number of benzene rings is 1. The van der Waals surface area contributed by atoms with Gasteiger partial charge in [-0.05, 0) is 55.9 Å². The molecule has 1 aromatic carbocycles. The standard InChI is InChI=1S/C19H24N4O3S/c20-27(25,26)17-5-3-16(4-6-17)19(24)22-10-7-15(8-11-22)18-21-9-12-23(18)13-14-1-2-14/h3-6,9,12,14-15H,1-2,7-8,10-11,13H2,(H2,20,25,26). The van der Waals surface area contributed by atoms with Crippen LogP contribution in [-0.2, 0) is 16.6 Å². The van der Waals surface area contributed by atoms with Crippen molar-refractivity contribution in [2.45, 2.75) is 43.0 Å². The summed E-state index contributed by atoms with van der Waals surface area (Å²) in [6, 6.07) is 5.81. The van der Waals surface area contributed by atoms with E-state index in [1.807, 2.05) is 11.1 Å². The molecule has 8 heteroatoms. The molecule has 2 fully saturated rings. The predicted octanol–water partition coefficient (Wildman–Crippen LogP) is 1.96. The number of imidazole rings is 1. The second-order valence-corrected chi connectivity index (χ2v) is 9.08. The van der Waals surface area contributed by atoms with Gasteiger partial charge in [0.1, 0.15) is 5.82 Å². The van der Waals surface area contributed by atoms with E-state index in [1.165, 1.54) is 37.1 Å². The Labute approximate surface area is 159 Å². The third-order valence-electron chi connectivity index (χ3n) is 5.48. The van der Waals surface area contributed by atoms with Crippen LogP contribution >= 0.6 is 0 Å². The fraction of sp³-hybridized carbons (Fsp3) is 0.474. The number of hydrogen-bond acceptors (Lipinski definition) is 4. The summed E-state index contributed by atoms with van der Waals surface area (Å²) in [6.07, 6.45) is 8.36. The van der Waals surface area contributed by atoms with Crippen molar-refractivity contribution >= 4 is 15.9 Å². The minimum atomic E-state index is -3.75. The molecule has 0 unspecified atom stereocenters. The van der Waals surface area contributed by atoms with Crippen LogP contribution in [0.1, 0.15) is 47.8 Å². The molecule has 2 N–H and O–H groups in total. The Bertz CT molecular complexity index is 924. The molecule has 7 nitrogen and oxygen atoms in total. The van der Waals surface area contributed by atoms with Gasteiger partial charge in [0.05, 0.1) is 4.90 Å². The molecule has 0 atom stereocenters. The van der Waals surface area contributed by atoms with Crippen LogP contribution in [-0.4, -0.2) is 41.9 Å². The van der Waals surface area contributed by atoms with Gasteiger partial charge in [0.15, 0.2) is 0 Å². The molecule has 1 aliphatic carbocycles. The minimum absolute atomic E-state index is 0.0141. The number of amides is 1. The minimum Gasteiger partial charge on any atom is -0.339 e. The number of sulfonamides is 1. The van der Waals surface area contributed by atoms with Crippen molar-refractivity contribution in [3.05, 3.63) is 48.0 Å². The fourth-order valence-electron chi connectivity index (χ4n) is 3.72. The normalized spacial score (nSPS) is 18.6. The van der Waals surface area contributed by atoms with Crippen molar-refractivity contribution in [2.24, 2.45) is 11.1 Å². The van der Waals surface area contributed by atoms with E-state index in [0.717, 1.165) is 31.1 Å². The third kappa shape index (κ3) is 4.06. The average Bonchev–Trinajstić information content (AvgIpc) is 3.36. The second kappa shape index (κ2) is 7.09. The smallest absolute Gasteiger partial charge is 0.253 e. The summed E-state index contributed by atoms with van der Waals surface area (Å²) < 4.78 is 25.0. The number of likely N-dealkylation sites (tertiary alicyclic amines) is 1. The monoisotopic (exact) mass is 388 g/mol. The molecule has 1 aromatic heterocycles. The molecular weight excluding hydrogens is 364 g/mol. The largest absolute Gasteiger partial charge is 0.339 e. The maximum absolute atomic E-state index is 12.7. The Morgan fingerprint density at radius 1 is 1.11 bits per heavy atom. The van der Waals surface area contributed by atoms with Crippen LogP contribution in [0.5, 0.6) is 0 Å². The number of carbonyl (C=O) groups is 1. The Morgan fingerprint density at radius 2 is 1.78 bits per heavy atom. The van der Waals surface area contributed by atoms with Crippen molar-refractivity contribution in [3.8, 4) is 0 Å². The molecule has 1 saturated carbocycles. The summed E-state index contributed by atoms with van der Waals surface area (Å²) in [5, 5.41) is 5.10. The van der Waals surface area contributed by atoms with E-state index in [1.54, 1.807) is 0 Å². The van der Waals surface area contributed by atoms with E-state index >= 15 is 0 Å². The molecule has 1 saturated heterocycles. The first-order chi connectivity index (χ1) is 12.9. The van der Waals surface area contributed by atoms with Crippen LogP contribution < -0.4 is 5.14 Å². The van der Waals surface area contributed by atoms with Gasteiger partial charge in [0.25, 0.3) is 5.91 Å². The van der Waals surface area contributed by atoms with Gasteiger partial charge in [-0.1, -0.05) is 0 Å². The lowest BCUT2D eigenvalue weighted by atomic mass is 9.95. The van der Waals surface area contributed by atoms with Gasteiger partial charge >= 0.3 is 0 Å². The zero-order valence-electron chi connectivity index (χ0n) is 15.1. The van der Waals surface area contributed by atoms with E-state index in [9.17, 15) is 13.2 Å². The predicted molar refractivity (Wildman–Crippen MR) is 101 cm³/mol. The average molecular weight is 388 g/mol. The number of piperidine rings is 1. The molecule has 1 amide bonds. The first kappa shape index (κ1) is 18.2. The number of nitrogens with zero attached hydrogens (tertiary/aromatic N) is 3. The number of nitrogens with two attached hydrogens (primary N) is 1. The third-order valence-corrected chi connectivity index (χ3v) is 6.41. The van der Waals surface area contributed by atoms with Crippen molar-refractivity contribution in [1.29, 1.82) is 0 Å². The van der Waals surface area contributed by atoms with Gasteiger partial charge in [-0.2, -0.15) is 0 Å². The topological polar surface area (TPSA) is 98.3 Å². The summed E-state index contributed by atoms with van der Waals surface area (Å²) in [7, 11) is -3.75. The van der Waals surface area contributed by atoms with Gasteiger partial charge in [-0.3, -0.25) is 4.79 Å². The Balaban J connectivity index is 1.39. The highest BCUT2D eigenvalue weighted by molar-refractivity contribution is 7.89. The molecule has 27 heavy (non-hydrogen) atoms.